The number of nitrogens with zero attached hydrogens (tertiary/aromatic N) is 4. The van der Waals surface area contributed by atoms with Crippen LogP contribution in [0.3, 0.4) is 0 Å². The number of fused-ring (bicyclic) bond motifs is 1. The van der Waals surface area contributed by atoms with Crippen LogP contribution in [0.25, 0.3) is 10.9 Å². The second-order valence-corrected chi connectivity index (χ2v) is 7.01. The van der Waals surface area contributed by atoms with E-state index < -0.39 is 0 Å². The zero-order valence-corrected chi connectivity index (χ0v) is 16.0. The molecule has 3 heterocycles. The predicted octanol–water partition coefficient (Wildman–Crippen LogP) is 3.43. The fourth-order valence-corrected chi connectivity index (χ4v) is 3.61. The van der Waals surface area contributed by atoms with Crippen molar-refractivity contribution < 1.29 is 9.47 Å². The largest absolute Gasteiger partial charge is 0.490 e. The minimum Gasteiger partial charge on any atom is -0.490 e. The molecular formula is C21H26N4O2. The molecule has 0 bridgehead atoms. The predicted molar refractivity (Wildman–Crippen MR) is 106 cm³/mol. The molecule has 0 amide bonds. The van der Waals surface area contributed by atoms with Crippen molar-refractivity contribution in [1.29, 1.82) is 0 Å². The Labute approximate surface area is 159 Å². The van der Waals surface area contributed by atoms with Crippen molar-refractivity contribution in [2.75, 3.05) is 31.7 Å². The molecule has 3 aromatic rings. The van der Waals surface area contributed by atoms with Gasteiger partial charge in [0.2, 0.25) is 0 Å². The lowest BCUT2D eigenvalue weighted by atomic mass is 10.1. The summed E-state index contributed by atoms with van der Waals surface area (Å²) in [5.74, 6) is 1.92. The smallest absolute Gasteiger partial charge is 0.147 e. The highest BCUT2D eigenvalue weighted by molar-refractivity contribution is 5.86. The van der Waals surface area contributed by atoms with Crippen molar-refractivity contribution in [3.8, 4) is 5.75 Å². The summed E-state index contributed by atoms with van der Waals surface area (Å²) in [6.07, 6.45) is 7.99. The summed E-state index contributed by atoms with van der Waals surface area (Å²) in [6.45, 7) is 5.38. The zero-order chi connectivity index (χ0) is 18.6. The van der Waals surface area contributed by atoms with Crippen LogP contribution in [0.4, 0.5) is 5.82 Å². The first-order valence-electron chi connectivity index (χ1n) is 9.51. The Kier molecular flexibility index (Phi) is 5.25. The first-order chi connectivity index (χ1) is 13.2. The molecule has 4 rings (SSSR count). The topological polar surface area (TPSA) is 52.4 Å². The number of hydrogen-bond donors (Lipinski definition) is 0. The van der Waals surface area contributed by atoms with Crippen LogP contribution in [0.15, 0.2) is 42.9 Å². The molecule has 1 saturated heterocycles. The summed E-state index contributed by atoms with van der Waals surface area (Å²) in [4.78, 5) is 11.1. The van der Waals surface area contributed by atoms with Crippen LogP contribution < -0.4 is 9.64 Å². The van der Waals surface area contributed by atoms with E-state index >= 15 is 0 Å². The SMILES string of the molecule is COCCn1ccc2c(OC3CCN(c4cnc(C)cn4)CC3)cccc21. The minimum absolute atomic E-state index is 0.229. The molecular weight excluding hydrogens is 340 g/mol. The maximum absolute atomic E-state index is 6.38. The van der Waals surface area contributed by atoms with Crippen LogP contribution in [0.2, 0.25) is 0 Å². The maximum atomic E-state index is 6.38. The number of aryl methyl sites for hydroxylation is 1. The fourth-order valence-electron chi connectivity index (χ4n) is 3.61. The van der Waals surface area contributed by atoms with Crippen LogP contribution in [-0.4, -0.2) is 47.4 Å². The monoisotopic (exact) mass is 366 g/mol. The van der Waals surface area contributed by atoms with Crippen molar-refractivity contribution in [2.45, 2.75) is 32.4 Å². The van der Waals surface area contributed by atoms with Crippen molar-refractivity contribution in [3.63, 3.8) is 0 Å². The Balaban J connectivity index is 1.41. The molecule has 0 radical (unpaired) electrons. The third kappa shape index (κ3) is 3.90. The Morgan fingerprint density at radius 2 is 1.96 bits per heavy atom. The average Bonchev–Trinajstić information content (AvgIpc) is 3.12. The fraction of sp³-hybridized carbons (Fsp3) is 0.429. The molecule has 1 aliphatic heterocycles. The van der Waals surface area contributed by atoms with Gasteiger partial charge in [0.1, 0.15) is 17.7 Å². The van der Waals surface area contributed by atoms with Crippen LogP contribution in [0.5, 0.6) is 5.75 Å². The van der Waals surface area contributed by atoms with E-state index in [9.17, 15) is 0 Å². The van der Waals surface area contributed by atoms with E-state index in [2.05, 4.69) is 49.9 Å². The summed E-state index contributed by atoms with van der Waals surface area (Å²) in [6, 6.07) is 8.41. The van der Waals surface area contributed by atoms with Crippen LogP contribution >= 0.6 is 0 Å². The normalized spacial score (nSPS) is 15.4. The van der Waals surface area contributed by atoms with Gasteiger partial charge in [-0.15, -0.1) is 0 Å². The lowest BCUT2D eigenvalue weighted by Crippen LogP contribution is -2.38. The van der Waals surface area contributed by atoms with E-state index in [1.165, 1.54) is 10.9 Å². The molecule has 2 aromatic heterocycles. The molecule has 1 aliphatic rings. The number of hydrogen-bond acceptors (Lipinski definition) is 5. The van der Waals surface area contributed by atoms with E-state index in [1.807, 2.05) is 19.3 Å². The quantitative estimate of drug-likeness (QED) is 0.669. The first-order valence-corrected chi connectivity index (χ1v) is 9.51. The van der Waals surface area contributed by atoms with Gasteiger partial charge in [0.05, 0.1) is 30.2 Å². The lowest BCUT2D eigenvalue weighted by molar-refractivity contribution is 0.173. The van der Waals surface area contributed by atoms with Crippen LogP contribution in [0, 0.1) is 6.92 Å². The molecule has 27 heavy (non-hydrogen) atoms. The molecule has 0 spiro atoms. The molecule has 0 atom stereocenters. The van der Waals surface area contributed by atoms with Gasteiger partial charge in [0, 0.05) is 51.2 Å². The number of ether oxygens (including phenoxy) is 2. The minimum atomic E-state index is 0.229. The number of rotatable bonds is 6. The zero-order valence-electron chi connectivity index (χ0n) is 16.0. The number of benzene rings is 1. The molecule has 0 aliphatic carbocycles. The standard InChI is InChI=1S/C21H26N4O2/c1-16-14-23-21(15-22-16)25-9-6-17(7-10-25)27-20-5-3-4-19-18(20)8-11-24(19)12-13-26-2/h3-5,8,11,14-15,17H,6-7,9-10,12-13H2,1-2H3. The van der Waals surface area contributed by atoms with Crippen molar-refractivity contribution >= 4 is 16.7 Å². The van der Waals surface area contributed by atoms with E-state index in [0.717, 1.165) is 49.7 Å². The van der Waals surface area contributed by atoms with Gasteiger partial charge < -0.3 is 18.9 Å². The molecule has 0 saturated carbocycles. The molecule has 1 fully saturated rings. The third-order valence-electron chi connectivity index (χ3n) is 5.14. The van der Waals surface area contributed by atoms with Crippen LogP contribution in [-0.2, 0) is 11.3 Å². The first kappa shape index (κ1) is 17.8. The second-order valence-electron chi connectivity index (χ2n) is 7.01. The van der Waals surface area contributed by atoms with E-state index in [-0.39, 0.29) is 6.10 Å². The average molecular weight is 366 g/mol. The van der Waals surface area contributed by atoms with Gasteiger partial charge in [0.25, 0.3) is 0 Å². The molecule has 0 N–H and O–H groups in total. The Morgan fingerprint density at radius 1 is 1.11 bits per heavy atom. The molecule has 1 aromatic carbocycles. The van der Waals surface area contributed by atoms with Gasteiger partial charge in [-0.3, -0.25) is 4.98 Å². The van der Waals surface area contributed by atoms with Gasteiger partial charge in [-0.1, -0.05) is 6.07 Å². The summed E-state index contributed by atoms with van der Waals surface area (Å²) in [5.41, 5.74) is 2.14. The Hall–Kier alpha value is -2.60. The second kappa shape index (κ2) is 7.96. The highest BCUT2D eigenvalue weighted by Gasteiger charge is 2.22. The third-order valence-corrected chi connectivity index (χ3v) is 5.14. The van der Waals surface area contributed by atoms with Crippen molar-refractivity contribution in [2.24, 2.45) is 0 Å². The lowest BCUT2D eigenvalue weighted by Gasteiger charge is -2.32. The van der Waals surface area contributed by atoms with Gasteiger partial charge >= 0.3 is 0 Å². The number of anilines is 1. The maximum Gasteiger partial charge on any atom is 0.147 e. The summed E-state index contributed by atoms with van der Waals surface area (Å²) in [7, 11) is 1.73. The van der Waals surface area contributed by atoms with Crippen LogP contribution in [0.1, 0.15) is 18.5 Å². The van der Waals surface area contributed by atoms with Gasteiger partial charge in [-0.25, -0.2) is 4.98 Å². The number of methoxy groups -OCH3 is 1. The summed E-state index contributed by atoms with van der Waals surface area (Å²) < 4.78 is 13.8. The van der Waals surface area contributed by atoms with E-state index in [0.29, 0.717) is 6.61 Å². The number of aromatic nitrogens is 3. The molecule has 6 heteroatoms. The Bertz CT molecular complexity index is 883. The Morgan fingerprint density at radius 3 is 2.70 bits per heavy atom. The van der Waals surface area contributed by atoms with Gasteiger partial charge in [-0.05, 0) is 25.1 Å². The summed E-state index contributed by atoms with van der Waals surface area (Å²) >= 11 is 0. The van der Waals surface area contributed by atoms with Crippen molar-refractivity contribution in [3.05, 3.63) is 48.5 Å². The van der Waals surface area contributed by atoms with Gasteiger partial charge in [0.15, 0.2) is 0 Å². The molecule has 142 valence electrons. The highest BCUT2D eigenvalue weighted by Crippen LogP contribution is 2.29. The molecule has 6 nitrogen and oxygen atoms in total. The van der Waals surface area contributed by atoms with Gasteiger partial charge in [-0.2, -0.15) is 0 Å². The van der Waals surface area contributed by atoms with E-state index in [4.69, 9.17) is 9.47 Å². The number of piperidine rings is 1. The highest BCUT2D eigenvalue weighted by atomic mass is 16.5. The summed E-state index contributed by atoms with van der Waals surface area (Å²) in [5, 5.41) is 1.17. The van der Waals surface area contributed by atoms with Crippen molar-refractivity contribution in [1.82, 2.24) is 14.5 Å². The van der Waals surface area contributed by atoms with E-state index in [1.54, 1.807) is 7.11 Å². The molecule has 0 unspecified atom stereocenters.